The van der Waals surface area contributed by atoms with Gasteiger partial charge in [-0.2, -0.15) is 0 Å². The molecule has 1 aromatic carbocycles. The molecule has 1 aliphatic rings. The second-order valence-electron chi connectivity index (χ2n) is 4.67. The van der Waals surface area contributed by atoms with Crippen molar-refractivity contribution in [2.45, 2.75) is 6.42 Å². The fourth-order valence-corrected chi connectivity index (χ4v) is 2.57. The number of benzene rings is 1. The van der Waals surface area contributed by atoms with Crippen LogP contribution < -0.4 is 5.73 Å². The average molecular weight is 313 g/mol. The van der Waals surface area contributed by atoms with E-state index < -0.39 is 0 Å². The summed E-state index contributed by atoms with van der Waals surface area (Å²) < 4.78 is 0. The maximum absolute atomic E-state index is 12.0. The zero-order valence-corrected chi connectivity index (χ0v) is 12.2. The number of amides is 2. The van der Waals surface area contributed by atoms with Crippen molar-refractivity contribution >= 4 is 41.1 Å². The molecular weight excluding hydrogens is 299 g/mol. The zero-order valence-electron chi connectivity index (χ0n) is 10.7. The van der Waals surface area contributed by atoms with Crippen LogP contribution >= 0.6 is 23.2 Å². The van der Waals surface area contributed by atoms with Crippen molar-refractivity contribution < 1.29 is 9.59 Å². The Hall–Kier alpha value is -1.52. The van der Waals surface area contributed by atoms with Crippen molar-refractivity contribution in [2.75, 3.05) is 13.1 Å². The van der Waals surface area contributed by atoms with E-state index in [1.54, 1.807) is 29.2 Å². The standard InChI is InChI=1S/C14H14Cl2N2O2/c15-11-3-1-9(12(16)7-11)2-4-13(19)18-6-5-10(8-18)14(17)20/h1-4,7,10H,5-6,8H2,(H2,17,20). The van der Waals surface area contributed by atoms with Gasteiger partial charge in [0.05, 0.1) is 5.92 Å². The third kappa shape index (κ3) is 3.52. The predicted molar refractivity (Wildman–Crippen MR) is 79.4 cm³/mol. The molecule has 0 spiro atoms. The third-order valence-corrected chi connectivity index (χ3v) is 3.83. The Morgan fingerprint density at radius 2 is 2.10 bits per heavy atom. The van der Waals surface area contributed by atoms with Gasteiger partial charge in [0.25, 0.3) is 0 Å². The van der Waals surface area contributed by atoms with Crippen molar-refractivity contribution in [3.63, 3.8) is 0 Å². The van der Waals surface area contributed by atoms with Gasteiger partial charge in [0.1, 0.15) is 0 Å². The molecular formula is C14H14Cl2N2O2. The highest BCUT2D eigenvalue weighted by atomic mass is 35.5. The number of carbonyl (C=O) groups excluding carboxylic acids is 2. The number of hydrogen-bond acceptors (Lipinski definition) is 2. The van der Waals surface area contributed by atoms with Crippen LogP contribution in [0.1, 0.15) is 12.0 Å². The van der Waals surface area contributed by atoms with E-state index in [1.807, 2.05) is 0 Å². The second-order valence-corrected chi connectivity index (χ2v) is 5.52. The van der Waals surface area contributed by atoms with E-state index in [9.17, 15) is 9.59 Å². The second kappa shape index (κ2) is 6.29. The molecule has 1 atom stereocenters. The predicted octanol–water partition coefficient (Wildman–Crippen LogP) is 2.34. The Bertz CT molecular complexity index is 572. The molecule has 0 radical (unpaired) electrons. The van der Waals surface area contributed by atoms with Gasteiger partial charge in [-0.15, -0.1) is 0 Å². The van der Waals surface area contributed by atoms with Crippen LogP contribution in [-0.4, -0.2) is 29.8 Å². The van der Waals surface area contributed by atoms with Gasteiger partial charge in [-0.25, -0.2) is 0 Å². The SMILES string of the molecule is NC(=O)C1CCN(C(=O)C=Cc2ccc(Cl)cc2Cl)C1. The summed E-state index contributed by atoms with van der Waals surface area (Å²) in [6.07, 6.45) is 3.70. The van der Waals surface area contributed by atoms with Crippen LogP contribution in [0.2, 0.25) is 10.0 Å². The number of hydrogen-bond donors (Lipinski definition) is 1. The van der Waals surface area contributed by atoms with Gasteiger partial charge >= 0.3 is 0 Å². The van der Waals surface area contributed by atoms with Gasteiger partial charge in [-0.05, 0) is 30.2 Å². The molecule has 1 unspecified atom stereocenters. The summed E-state index contributed by atoms with van der Waals surface area (Å²) in [4.78, 5) is 24.7. The van der Waals surface area contributed by atoms with Gasteiger partial charge in [-0.3, -0.25) is 9.59 Å². The molecule has 1 fully saturated rings. The molecule has 1 saturated heterocycles. The molecule has 1 aromatic rings. The van der Waals surface area contributed by atoms with Crippen molar-refractivity contribution in [2.24, 2.45) is 11.7 Å². The summed E-state index contributed by atoms with van der Waals surface area (Å²) in [6, 6.07) is 5.06. The smallest absolute Gasteiger partial charge is 0.246 e. The Balaban J connectivity index is 2.01. The first-order valence-corrected chi connectivity index (χ1v) is 6.94. The molecule has 106 valence electrons. The molecule has 0 saturated carbocycles. The molecule has 0 bridgehead atoms. The van der Waals surface area contributed by atoms with Crippen molar-refractivity contribution in [1.82, 2.24) is 4.90 Å². The molecule has 20 heavy (non-hydrogen) atoms. The van der Waals surface area contributed by atoms with Crippen LogP contribution in [0.4, 0.5) is 0 Å². The van der Waals surface area contributed by atoms with Crippen LogP contribution in [0.25, 0.3) is 6.08 Å². The quantitative estimate of drug-likeness (QED) is 0.871. The van der Waals surface area contributed by atoms with Crippen molar-refractivity contribution in [1.29, 1.82) is 0 Å². The molecule has 2 amide bonds. The average Bonchev–Trinajstić information content (AvgIpc) is 2.87. The van der Waals surface area contributed by atoms with Crippen LogP contribution in [0.3, 0.4) is 0 Å². The third-order valence-electron chi connectivity index (χ3n) is 3.27. The van der Waals surface area contributed by atoms with E-state index in [2.05, 4.69) is 0 Å². The number of rotatable bonds is 3. The van der Waals surface area contributed by atoms with Gasteiger partial charge in [-0.1, -0.05) is 29.3 Å². The van der Waals surface area contributed by atoms with E-state index in [1.165, 1.54) is 6.08 Å². The lowest BCUT2D eigenvalue weighted by atomic mass is 10.1. The van der Waals surface area contributed by atoms with Gasteiger partial charge in [0.2, 0.25) is 11.8 Å². The first-order valence-electron chi connectivity index (χ1n) is 6.18. The van der Waals surface area contributed by atoms with Crippen LogP contribution in [0.5, 0.6) is 0 Å². The summed E-state index contributed by atoms with van der Waals surface area (Å²) in [5.74, 6) is -0.753. The molecule has 2 rings (SSSR count). The Labute approximate surface area is 127 Å². The van der Waals surface area contributed by atoms with Crippen molar-refractivity contribution in [3.8, 4) is 0 Å². The summed E-state index contributed by atoms with van der Waals surface area (Å²) in [7, 11) is 0. The summed E-state index contributed by atoms with van der Waals surface area (Å²) >= 11 is 11.8. The Morgan fingerprint density at radius 3 is 2.70 bits per heavy atom. The molecule has 2 N–H and O–H groups in total. The highest BCUT2D eigenvalue weighted by molar-refractivity contribution is 6.35. The van der Waals surface area contributed by atoms with Crippen LogP contribution in [0.15, 0.2) is 24.3 Å². The molecule has 1 heterocycles. The minimum atomic E-state index is -0.356. The van der Waals surface area contributed by atoms with Gasteiger partial charge in [0.15, 0.2) is 0 Å². The summed E-state index contributed by atoms with van der Waals surface area (Å²) in [6.45, 7) is 0.929. The molecule has 6 heteroatoms. The first-order chi connectivity index (χ1) is 9.47. The van der Waals surface area contributed by atoms with Crippen LogP contribution in [-0.2, 0) is 9.59 Å². The Morgan fingerprint density at radius 1 is 1.35 bits per heavy atom. The highest BCUT2D eigenvalue weighted by Crippen LogP contribution is 2.22. The molecule has 0 aromatic heterocycles. The summed E-state index contributed by atoms with van der Waals surface area (Å²) in [5, 5.41) is 1.03. The lowest BCUT2D eigenvalue weighted by molar-refractivity contribution is -0.125. The van der Waals surface area contributed by atoms with E-state index >= 15 is 0 Å². The van der Waals surface area contributed by atoms with E-state index in [4.69, 9.17) is 28.9 Å². The summed E-state index contributed by atoms with van der Waals surface area (Å²) in [5.41, 5.74) is 5.95. The number of primary amides is 1. The normalized spacial score (nSPS) is 18.7. The highest BCUT2D eigenvalue weighted by Gasteiger charge is 2.28. The largest absolute Gasteiger partial charge is 0.369 e. The zero-order chi connectivity index (χ0) is 14.7. The number of halogens is 2. The maximum Gasteiger partial charge on any atom is 0.246 e. The van der Waals surface area contributed by atoms with Gasteiger partial charge < -0.3 is 10.6 Å². The number of carbonyl (C=O) groups is 2. The first kappa shape index (κ1) is 14.9. The topological polar surface area (TPSA) is 63.4 Å². The van der Waals surface area contributed by atoms with E-state index in [0.29, 0.717) is 29.6 Å². The Kier molecular flexibility index (Phi) is 4.68. The molecule has 4 nitrogen and oxygen atoms in total. The number of nitrogens with zero attached hydrogens (tertiary/aromatic N) is 1. The van der Waals surface area contributed by atoms with E-state index in [-0.39, 0.29) is 17.7 Å². The molecule has 0 aliphatic carbocycles. The lowest BCUT2D eigenvalue weighted by Gasteiger charge is -2.13. The monoisotopic (exact) mass is 312 g/mol. The van der Waals surface area contributed by atoms with E-state index in [0.717, 1.165) is 5.56 Å². The number of nitrogens with two attached hydrogens (primary N) is 1. The lowest BCUT2D eigenvalue weighted by Crippen LogP contribution is -2.30. The van der Waals surface area contributed by atoms with Gasteiger partial charge in [0, 0.05) is 29.2 Å². The van der Waals surface area contributed by atoms with Crippen LogP contribution in [0, 0.1) is 5.92 Å². The maximum atomic E-state index is 12.0. The minimum absolute atomic E-state index is 0.153. The minimum Gasteiger partial charge on any atom is -0.369 e. The number of likely N-dealkylation sites (tertiary alicyclic amines) is 1. The van der Waals surface area contributed by atoms with Crippen molar-refractivity contribution in [3.05, 3.63) is 39.9 Å². The fourth-order valence-electron chi connectivity index (χ4n) is 2.10. The molecule has 1 aliphatic heterocycles. The fraction of sp³-hybridized carbons (Fsp3) is 0.286.